The van der Waals surface area contributed by atoms with Crippen molar-refractivity contribution in [2.75, 3.05) is 0 Å². The quantitative estimate of drug-likeness (QED) is 0.773. The van der Waals surface area contributed by atoms with Crippen LogP contribution in [0.2, 0.25) is 0 Å². The molecule has 0 saturated carbocycles. The third-order valence-corrected chi connectivity index (χ3v) is 3.59. The fraction of sp³-hybridized carbons (Fsp3) is 0.467. The minimum Gasteiger partial charge on any atom is -0.480 e. The van der Waals surface area contributed by atoms with E-state index in [1.165, 1.54) is 12.5 Å². The smallest absolute Gasteiger partial charge is 0.329 e. The van der Waals surface area contributed by atoms with E-state index in [1.54, 1.807) is 6.92 Å². The monoisotopic (exact) mass is 278 g/mol. The first-order valence-corrected chi connectivity index (χ1v) is 6.64. The Morgan fingerprint density at radius 2 is 1.90 bits per heavy atom. The molecule has 0 aliphatic carbocycles. The zero-order valence-electron chi connectivity index (χ0n) is 12.4. The van der Waals surface area contributed by atoms with Crippen molar-refractivity contribution in [3.8, 4) is 0 Å². The van der Waals surface area contributed by atoms with E-state index in [2.05, 4.69) is 10.6 Å². The highest BCUT2D eigenvalue weighted by Gasteiger charge is 2.32. The van der Waals surface area contributed by atoms with Crippen LogP contribution in [0.1, 0.15) is 37.0 Å². The van der Waals surface area contributed by atoms with Crippen molar-refractivity contribution in [1.29, 1.82) is 0 Å². The van der Waals surface area contributed by atoms with Gasteiger partial charge >= 0.3 is 12.0 Å². The fourth-order valence-corrected chi connectivity index (χ4v) is 1.68. The summed E-state index contributed by atoms with van der Waals surface area (Å²) in [6, 6.07) is 5.47. The number of aryl methyl sites for hydroxylation is 2. The van der Waals surface area contributed by atoms with Gasteiger partial charge < -0.3 is 15.7 Å². The molecule has 0 aromatic heterocycles. The molecule has 1 rings (SSSR count). The molecule has 0 heterocycles. The average Bonchev–Trinajstić information content (AvgIpc) is 2.39. The first-order chi connectivity index (χ1) is 9.28. The molecule has 0 saturated heterocycles. The zero-order valence-corrected chi connectivity index (χ0v) is 12.4. The molecule has 5 heteroatoms. The van der Waals surface area contributed by atoms with Crippen molar-refractivity contribution in [3.63, 3.8) is 0 Å². The number of benzene rings is 1. The molecule has 2 amide bonds. The van der Waals surface area contributed by atoms with Crippen LogP contribution in [0.15, 0.2) is 18.2 Å². The summed E-state index contributed by atoms with van der Waals surface area (Å²) in [7, 11) is 0. The number of carbonyl (C=O) groups is 2. The minimum atomic E-state index is -1.24. The zero-order chi connectivity index (χ0) is 15.3. The summed E-state index contributed by atoms with van der Waals surface area (Å²) in [6.45, 7) is 7.62. The van der Waals surface area contributed by atoms with Gasteiger partial charge in [-0.3, -0.25) is 0 Å². The molecule has 3 N–H and O–H groups in total. The SMILES string of the molecule is CCC(C)(NC(=O)NCc1ccc(C)c(C)c1)C(=O)O. The van der Waals surface area contributed by atoms with Crippen LogP contribution >= 0.6 is 0 Å². The molecule has 0 aliphatic rings. The Bertz CT molecular complexity index is 514. The number of hydrogen-bond donors (Lipinski definition) is 3. The van der Waals surface area contributed by atoms with E-state index < -0.39 is 17.5 Å². The van der Waals surface area contributed by atoms with Crippen molar-refractivity contribution in [3.05, 3.63) is 34.9 Å². The van der Waals surface area contributed by atoms with Gasteiger partial charge in [0.1, 0.15) is 5.54 Å². The topological polar surface area (TPSA) is 78.4 Å². The Morgan fingerprint density at radius 3 is 2.40 bits per heavy atom. The number of carbonyl (C=O) groups excluding carboxylic acids is 1. The average molecular weight is 278 g/mol. The van der Waals surface area contributed by atoms with E-state index in [0.29, 0.717) is 13.0 Å². The van der Waals surface area contributed by atoms with Crippen LogP contribution < -0.4 is 10.6 Å². The van der Waals surface area contributed by atoms with Gasteiger partial charge in [-0.15, -0.1) is 0 Å². The lowest BCUT2D eigenvalue weighted by molar-refractivity contribution is -0.143. The molecule has 1 atom stereocenters. The highest BCUT2D eigenvalue weighted by molar-refractivity contribution is 5.85. The van der Waals surface area contributed by atoms with Gasteiger partial charge in [0.25, 0.3) is 0 Å². The third kappa shape index (κ3) is 3.98. The molecule has 5 nitrogen and oxygen atoms in total. The second-order valence-corrected chi connectivity index (χ2v) is 5.22. The molecule has 1 unspecified atom stereocenters. The second-order valence-electron chi connectivity index (χ2n) is 5.22. The van der Waals surface area contributed by atoms with Gasteiger partial charge in [0.2, 0.25) is 0 Å². The largest absolute Gasteiger partial charge is 0.480 e. The lowest BCUT2D eigenvalue weighted by Gasteiger charge is -2.24. The van der Waals surface area contributed by atoms with Crippen LogP contribution in [0.3, 0.4) is 0 Å². The Hall–Kier alpha value is -2.04. The van der Waals surface area contributed by atoms with E-state index >= 15 is 0 Å². The molecule has 1 aromatic carbocycles. The first kappa shape index (κ1) is 16.0. The van der Waals surface area contributed by atoms with Crippen molar-refractivity contribution >= 4 is 12.0 Å². The molecule has 0 aliphatic heterocycles. The van der Waals surface area contributed by atoms with Gasteiger partial charge in [0.05, 0.1) is 0 Å². The highest BCUT2D eigenvalue weighted by atomic mass is 16.4. The number of hydrogen-bond acceptors (Lipinski definition) is 2. The standard InChI is InChI=1S/C15H22N2O3/c1-5-15(4,13(18)19)17-14(20)16-9-12-7-6-10(2)11(3)8-12/h6-8H,5,9H2,1-4H3,(H,18,19)(H2,16,17,20). The van der Waals surface area contributed by atoms with Crippen LogP contribution in [0, 0.1) is 13.8 Å². The number of rotatable bonds is 5. The van der Waals surface area contributed by atoms with Gasteiger partial charge in [0.15, 0.2) is 0 Å². The molecular weight excluding hydrogens is 256 g/mol. The molecule has 0 fully saturated rings. The van der Waals surface area contributed by atoms with Gasteiger partial charge in [-0.25, -0.2) is 9.59 Å². The van der Waals surface area contributed by atoms with Crippen LogP contribution in [0.5, 0.6) is 0 Å². The Morgan fingerprint density at radius 1 is 1.25 bits per heavy atom. The van der Waals surface area contributed by atoms with Crippen LogP contribution in [-0.4, -0.2) is 22.6 Å². The number of urea groups is 1. The Kier molecular flexibility index (Phi) is 5.13. The maximum Gasteiger partial charge on any atom is 0.329 e. The summed E-state index contributed by atoms with van der Waals surface area (Å²) >= 11 is 0. The van der Waals surface area contributed by atoms with Crippen molar-refractivity contribution < 1.29 is 14.7 Å². The van der Waals surface area contributed by atoms with Crippen LogP contribution in [0.4, 0.5) is 4.79 Å². The van der Waals surface area contributed by atoms with Crippen molar-refractivity contribution in [2.45, 2.75) is 46.2 Å². The van der Waals surface area contributed by atoms with Gasteiger partial charge in [-0.2, -0.15) is 0 Å². The van der Waals surface area contributed by atoms with Crippen LogP contribution in [-0.2, 0) is 11.3 Å². The van der Waals surface area contributed by atoms with Gasteiger partial charge in [-0.1, -0.05) is 25.1 Å². The van der Waals surface area contributed by atoms with E-state index in [9.17, 15) is 9.59 Å². The maximum atomic E-state index is 11.8. The normalized spacial score (nSPS) is 13.4. The molecule has 0 spiro atoms. The molecule has 1 aromatic rings. The third-order valence-electron chi connectivity index (χ3n) is 3.59. The Balaban J connectivity index is 2.59. The van der Waals surface area contributed by atoms with E-state index in [4.69, 9.17) is 5.11 Å². The lowest BCUT2D eigenvalue weighted by atomic mass is 10.00. The highest BCUT2D eigenvalue weighted by Crippen LogP contribution is 2.10. The lowest BCUT2D eigenvalue weighted by Crippen LogP contribution is -2.54. The number of carboxylic acid groups (broad SMARTS) is 1. The molecule has 0 bridgehead atoms. The summed E-state index contributed by atoms with van der Waals surface area (Å²) in [5, 5.41) is 14.3. The number of carboxylic acids is 1. The second kappa shape index (κ2) is 6.41. The Labute approximate surface area is 119 Å². The summed E-state index contributed by atoms with van der Waals surface area (Å²) in [5.41, 5.74) is 2.10. The number of nitrogens with one attached hydrogen (secondary N) is 2. The van der Waals surface area contributed by atoms with E-state index in [-0.39, 0.29) is 0 Å². The predicted molar refractivity (Wildman–Crippen MR) is 77.6 cm³/mol. The molecule has 110 valence electrons. The molecular formula is C15H22N2O3. The summed E-state index contributed by atoms with van der Waals surface area (Å²) in [5.74, 6) is -1.04. The summed E-state index contributed by atoms with van der Waals surface area (Å²) in [4.78, 5) is 22.9. The maximum absolute atomic E-state index is 11.8. The minimum absolute atomic E-state index is 0.319. The number of aliphatic carboxylic acids is 1. The number of amides is 2. The van der Waals surface area contributed by atoms with Gasteiger partial charge in [-0.05, 0) is 43.9 Å². The van der Waals surface area contributed by atoms with E-state index in [1.807, 2.05) is 32.0 Å². The summed E-state index contributed by atoms with van der Waals surface area (Å²) in [6.07, 6.45) is 0.319. The van der Waals surface area contributed by atoms with E-state index in [0.717, 1.165) is 11.1 Å². The van der Waals surface area contributed by atoms with Crippen LogP contribution in [0.25, 0.3) is 0 Å². The molecule has 0 radical (unpaired) electrons. The molecule has 20 heavy (non-hydrogen) atoms. The fourth-order valence-electron chi connectivity index (χ4n) is 1.68. The van der Waals surface area contributed by atoms with Gasteiger partial charge in [0, 0.05) is 6.54 Å². The predicted octanol–water partition coefficient (Wildman–Crippen LogP) is 2.36. The van der Waals surface area contributed by atoms with Crippen molar-refractivity contribution in [2.24, 2.45) is 0 Å². The first-order valence-electron chi connectivity index (χ1n) is 6.64. The van der Waals surface area contributed by atoms with Crippen molar-refractivity contribution in [1.82, 2.24) is 10.6 Å². The summed E-state index contributed by atoms with van der Waals surface area (Å²) < 4.78 is 0.